The lowest BCUT2D eigenvalue weighted by molar-refractivity contribution is 0.281. The minimum Gasteiger partial charge on any atom is -0.392 e. The largest absolute Gasteiger partial charge is 0.392 e. The number of nitrogens with zero attached hydrogens (tertiary/aromatic N) is 1. The predicted octanol–water partition coefficient (Wildman–Crippen LogP) is 2.49. The van der Waals surface area contributed by atoms with Gasteiger partial charge in [0.15, 0.2) is 0 Å². The molecule has 0 saturated carbocycles. The molecule has 0 aliphatic rings. The third kappa shape index (κ3) is 3.29. The van der Waals surface area contributed by atoms with Crippen LogP contribution in [0.1, 0.15) is 16.8 Å². The van der Waals surface area contributed by atoms with Crippen LogP contribution in [0, 0.1) is 6.92 Å². The highest BCUT2D eigenvalue weighted by Crippen LogP contribution is 2.11. The van der Waals surface area contributed by atoms with Crippen LogP contribution in [-0.2, 0) is 13.2 Å². The van der Waals surface area contributed by atoms with E-state index in [9.17, 15) is 0 Å². The van der Waals surface area contributed by atoms with Gasteiger partial charge in [0.25, 0.3) is 0 Å². The first kappa shape index (κ1) is 11.6. The summed E-state index contributed by atoms with van der Waals surface area (Å²) < 4.78 is 0. The van der Waals surface area contributed by atoms with Crippen LogP contribution in [0.15, 0.2) is 42.6 Å². The molecule has 0 unspecified atom stereocenters. The van der Waals surface area contributed by atoms with Crippen LogP contribution in [0.3, 0.4) is 0 Å². The van der Waals surface area contributed by atoms with Gasteiger partial charge in [-0.15, -0.1) is 0 Å². The Morgan fingerprint density at radius 2 is 2.00 bits per heavy atom. The summed E-state index contributed by atoms with van der Waals surface area (Å²) in [5.74, 6) is 0. The molecular formula is C14H16N2O. The van der Waals surface area contributed by atoms with Gasteiger partial charge in [-0.05, 0) is 30.2 Å². The van der Waals surface area contributed by atoms with Crippen LogP contribution in [0.4, 0.5) is 5.69 Å². The van der Waals surface area contributed by atoms with Crippen molar-refractivity contribution in [3.05, 3.63) is 59.4 Å². The topological polar surface area (TPSA) is 45.1 Å². The first-order chi connectivity index (χ1) is 8.28. The summed E-state index contributed by atoms with van der Waals surface area (Å²) in [6.45, 7) is 2.80. The second kappa shape index (κ2) is 5.46. The summed E-state index contributed by atoms with van der Waals surface area (Å²) in [6, 6.07) is 11.9. The molecule has 0 atom stereocenters. The Labute approximate surface area is 101 Å². The van der Waals surface area contributed by atoms with Gasteiger partial charge in [0.05, 0.1) is 6.61 Å². The van der Waals surface area contributed by atoms with Gasteiger partial charge >= 0.3 is 0 Å². The van der Waals surface area contributed by atoms with Gasteiger partial charge < -0.3 is 10.4 Å². The Balaban J connectivity index is 2.02. The number of aromatic nitrogens is 1. The molecular weight excluding hydrogens is 212 g/mol. The van der Waals surface area contributed by atoms with Crippen molar-refractivity contribution in [2.75, 3.05) is 5.32 Å². The van der Waals surface area contributed by atoms with E-state index in [1.54, 1.807) is 6.20 Å². The number of aliphatic hydroxyl groups is 1. The number of benzene rings is 1. The van der Waals surface area contributed by atoms with Crippen molar-refractivity contribution in [3.63, 3.8) is 0 Å². The zero-order valence-electron chi connectivity index (χ0n) is 9.85. The minimum atomic E-state index is 0.0855. The highest BCUT2D eigenvalue weighted by Gasteiger charge is 1.96. The molecule has 2 rings (SSSR count). The van der Waals surface area contributed by atoms with E-state index in [-0.39, 0.29) is 6.61 Å². The average molecular weight is 228 g/mol. The number of aliphatic hydroxyl groups excluding tert-OH is 1. The van der Waals surface area contributed by atoms with Crippen LogP contribution in [0.25, 0.3) is 0 Å². The van der Waals surface area contributed by atoms with Crippen LogP contribution in [-0.4, -0.2) is 10.1 Å². The van der Waals surface area contributed by atoms with Gasteiger partial charge in [0.2, 0.25) is 0 Å². The Hall–Kier alpha value is -1.87. The van der Waals surface area contributed by atoms with Gasteiger partial charge in [0, 0.05) is 24.1 Å². The quantitative estimate of drug-likeness (QED) is 0.845. The molecule has 3 heteroatoms. The van der Waals surface area contributed by atoms with E-state index in [0.717, 1.165) is 29.1 Å². The Kier molecular flexibility index (Phi) is 3.73. The molecule has 3 nitrogen and oxygen atoms in total. The zero-order chi connectivity index (χ0) is 12.1. The fraction of sp³-hybridized carbons (Fsp3) is 0.214. The first-order valence-electron chi connectivity index (χ1n) is 5.63. The molecule has 88 valence electrons. The van der Waals surface area contributed by atoms with Gasteiger partial charge in [-0.1, -0.05) is 24.3 Å². The lowest BCUT2D eigenvalue weighted by Crippen LogP contribution is -2.00. The normalized spacial score (nSPS) is 10.2. The average Bonchev–Trinajstić information content (AvgIpc) is 2.37. The van der Waals surface area contributed by atoms with E-state index in [0.29, 0.717) is 0 Å². The van der Waals surface area contributed by atoms with Crippen molar-refractivity contribution < 1.29 is 5.11 Å². The molecule has 1 aromatic carbocycles. The molecule has 0 fully saturated rings. The van der Waals surface area contributed by atoms with Crippen LogP contribution < -0.4 is 5.32 Å². The Bertz CT molecular complexity index is 497. The van der Waals surface area contributed by atoms with Crippen molar-refractivity contribution in [2.45, 2.75) is 20.1 Å². The summed E-state index contributed by atoms with van der Waals surface area (Å²) in [7, 11) is 0. The minimum absolute atomic E-state index is 0.0855. The molecule has 0 spiro atoms. The second-order valence-electron chi connectivity index (χ2n) is 4.02. The maximum atomic E-state index is 9.06. The molecule has 2 aromatic rings. The van der Waals surface area contributed by atoms with Crippen LogP contribution in [0.2, 0.25) is 0 Å². The maximum absolute atomic E-state index is 9.06. The van der Waals surface area contributed by atoms with Crippen molar-refractivity contribution in [3.8, 4) is 0 Å². The molecule has 0 aliphatic carbocycles. The highest BCUT2D eigenvalue weighted by atomic mass is 16.3. The fourth-order valence-electron chi connectivity index (χ4n) is 1.70. The summed E-state index contributed by atoms with van der Waals surface area (Å²) >= 11 is 0. The SMILES string of the molecule is Cc1cc(NCc2cccc(CO)c2)ccn1. The Morgan fingerprint density at radius 1 is 1.18 bits per heavy atom. The highest BCUT2D eigenvalue weighted by molar-refractivity contribution is 5.43. The summed E-state index contributed by atoms with van der Waals surface area (Å²) in [5.41, 5.74) is 4.16. The number of nitrogens with one attached hydrogen (secondary N) is 1. The van der Waals surface area contributed by atoms with E-state index < -0.39 is 0 Å². The molecule has 0 amide bonds. The molecule has 0 radical (unpaired) electrons. The molecule has 1 heterocycles. The van der Waals surface area contributed by atoms with Gasteiger partial charge in [-0.25, -0.2) is 0 Å². The van der Waals surface area contributed by atoms with Crippen molar-refractivity contribution >= 4 is 5.69 Å². The third-order valence-electron chi connectivity index (χ3n) is 2.57. The first-order valence-corrected chi connectivity index (χ1v) is 5.63. The lowest BCUT2D eigenvalue weighted by atomic mass is 10.1. The molecule has 2 N–H and O–H groups in total. The predicted molar refractivity (Wildman–Crippen MR) is 68.7 cm³/mol. The van der Waals surface area contributed by atoms with E-state index in [1.165, 1.54) is 0 Å². The molecule has 0 saturated heterocycles. The van der Waals surface area contributed by atoms with Gasteiger partial charge in [0.1, 0.15) is 0 Å². The monoisotopic (exact) mass is 228 g/mol. The van der Waals surface area contributed by atoms with E-state index in [2.05, 4.69) is 10.3 Å². The summed E-state index contributed by atoms with van der Waals surface area (Å²) in [5, 5.41) is 12.4. The standard InChI is InChI=1S/C14H16N2O/c1-11-7-14(5-6-15-11)16-9-12-3-2-4-13(8-12)10-17/h2-8,17H,9-10H2,1H3,(H,15,16). The van der Waals surface area contributed by atoms with Crippen LogP contribution in [0.5, 0.6) is 0 Å². The maximum Gasteiger partial charge on any atom is 0.0681 e. The zero-order valence-corrected chi connectivity index (χ0v) is 9.85. The van der Waals surface area contributed by atoms with Gasteiger partial charge in [-0.3, -0.25) is 4.98 Å². The molecule has 17 heavy (non-hydrogen) atoms. The van der Waals surface area contributed by atoms with Gasteiger partial charge in [-0.2, -0.15) is 0 Å². The second-order valence-corrected chi connectivity index (χ2v) is 4.02. The smallest absolute Gasteiger partial charge is 0.0681 e. The number of hydrogen-bond acceptors (Lipinski definition) is 3. The van der Waals surface area contributed by atoms with Crippen molar-refractivity contribution in [2.24, 2.45) is 0 Å². The van der Waals surface area contributed by atoms with Crippen LogP contribution >= 0.6 is 0 Å². The number of anilines is 1. The number of rotatable bonds is 4. The third-order valence-corrected chi connectivity index (χ3v) is 2.57. The van der Waals surface area contributed by atoms with E-state index >= 15 is 0 Å². The van der Waals surface area contributed by atoms with Crippen molar-refractivity contribution in [1.29, 1.82) is 0 Å². The molecule has 1 aromatic heterocycles. The Morgan fingerprint density at radius 3 is 2.76 bits per heavy atom. The number of aryl methyl sites for hydroxylation is 1. The number of pyridine rings is 1. The summed E-state index contributed by atoms with van der Waals surface area (Å²) in [6.07, 6.45) is 1.79. The number of hydrogen-bond donors (Lipinski definition) is 2. The summed E-state index contributed by atoms with van der Waals surface area (Å²) in [4.78, 5) is 4.15. The van der Waals surface area contributed by atoms with Crippen molar-refractivity contribution in [1.82, 2.24) is 4.98 Å². The fourth-order valence-corrected chi connectivity index (χ4v) is 1.70. The molecule has 0 aliphatic heterocycles. The lowest BCUT2D eigenvalue weighted by Gasteiger charge is -2.07. The van der Waals surface area contributed by atoms with E-state index in [4.69, 9.17) is 5.11 Å². The van der Waals surface area contributed by atoms with E-state index in [1.807, 2.05) is 43.3 Å². The molecule has 0 bridgehead atoms.